The topological polar surface area (TPSA) is 55.8 Å². The van der Waals surface area contributed by atoms with Gasteiger partial charge >= 0.3 is 5.97 Å². The maximum absolute atomic E-state index is 11.3. The molecule has 29 heavy (non-hydrogen) atoms. The summed E-state index contributed by atoms with van der Waals surface area (Å²) in [4.78, 5) is 11.3. The highest BCUT2D eigenvalue weighted by Gasteiger charge is 2.47. The molecule has 2 aliphatic carbocycles. The van der Waals surface area contributed by atoms with Crippen molar-refractivity contribution in [1.29, 1.82) is 0 Å². The second kappa shape index (κ2) is 7.70. The Bertz CT molecular complexity index is 759. The molecule has 2 heterocycles. The molecule has 0 spiro atoms. The Morgan fingerprint density at radius 2 is 2.00 bits per heavy atom. The number of hydrogen-bond acceptors (Lipinski definition) is 4. The second-order valence-electron chi connectivity index (χ2n) is 10.5. The summed E-state index contributed by atoms with van der Waals surface area (Å²) in [5.41, 5.74) is 4.30. The summed E-state index contributed by atoms with van der Waals surface area (Å²) in [6, 6.07) is 0. The van der Waals surface area contributed by atoms with Crippen molar-refractivity contribution in [2.45, 2.75) is 85.0 Å². The molecule has 4 rings (SSSR count). The van der Waals surface area contributed by atoms with Crippen molar-refractivity contribution in [3.8, 4) is 0 Å². The summed E-state index contributed by atoms with van der Waals surface area (Å²) >= 11 is 0. The van der Waals surface area contributed by atoms with Crippen molar-refractivity contribution in [2.24, 2.45) is 22.7 Å². The van der Waals surface area contributed by atoms with Crippen LogP contribution in [0.1, 0.15) is 72.6 Å². The van der Waals surface area contributed by atoms with Crippen LogP contribution in [0.4, 0.5) is 0 Å². The van der Waals surface area contributed by atoms with Gasteiger partial charge in [-0.15, -0.1) is 0 Å². The van der Waals surface area contributed by atoms with Crippen LogP contribution in [0.2, 0.25) is 0 Å². The molecule has 4 nitrogen and oxygen atoms in total. The van der Waals surface area contributed by atoms with E-state index < -0.39 is 12.3 Å². The number of carbonyl (C=O) groups excluding carboxylic acids is 1. The van der Waals surface area contributed by atoms with Crippen molar-refractivity contribution in [3.63, 3.8) is 0 Å². The van der Waals surface area contributed by atoms with E-state index in [0.717, 1.165) is 6.42 Å². The number of carbonyl (C=O) groups is 1. The summed E-state index contributed by atoms with van der Waals surface area (Å²) in [7, 11) is 0. The standard InChI is InChI=1S/C25H36O4/c1-16-7-9-19-20(6-5-12-24(19,2)3)25(16,4)13-11-17-8-10-21(28-15-17)18-14-22(26)29-23(18)27/h8-9,14,16,20-21,23,27H,5-7,10-13,15H2,1-4H3/t16-,20-,21+,23+,25-/m0/s1. The van der Waals surface area contributed by atoms with Crippen molar-refractivity contribution < 1.29 is 19.4 Å². The number of allylic oxidation sites excluding steroid dienone is 2. The van der Waals surface area contributed by atoms with Gasteiger partial charge in [0, 0.05) is 11.6 Å². The van der Waals surface area contributed by atoms with E-state index in [1.807, 2.05) is 0 Å². The molecule has 0 aromatic heterocycles. The summed E-state index contributed by atoms with van der Waals surface area (Å²) in [6.45, 7) is 10.4. The lowest BCUT2D eigenvalue weighted by Crippen LogP contribution is -2.43. The first-order valence-electron chi connectivity index (χ1n) is 11.3. The number of esters is 1. The highest BCUT2D eigenvalue weighted by Crippen LogP contribution is 2.58. The highest BCUT2D eigenvalue weighted by atomic mass is 16.6. The molecule has 4 aliphatic rings. The molecule has 0 bridgehead atoms. The lowest BCUT2D eigenvalue weighted by molar-refractivity contribution is -0.152. The molecule has 0 aromatic carbocycles. The molecule has 1 fully saturated rings. The molecule has 4 heteroatoms. The molecular weight excluding hydrogens is 364 g/mol. The maximum atomic E-state index is 11.3. The van der Waals surface area contributed by atoms with Gasteiger partial charge in [0.05, 0.1) is 12.7 Å². The van der Waals surface area contributed by atoms with Crippen LogP contribution in [0.5, 0.6) is 0 Å². The second-order valence-corrected chi connectivity index (χ2v) is 10.5. The van der Waals surface area contributed by atoms with Crippen molar-refractivity contribution in [2.75, 3.05) is 6.61 Å². The van der Waals surface area contributed by atoms with Crippen molar-refractivity contribution in [3.05, 3.63) is 34.9 Å². The first-order valence-corrected chi connectivity index (χ1v) is 11.3. The predicted molar refractivity (Wildman–Crippen MR) is 113 cm³/mol. The number of rotatable bonds is 4. The molecule has 1 N–H and O–H groups in total. The Hall–Kier alpha value is -1.39. The van der Waals surface area contributed by atoms with Crippen molar-refractivity contribution in [1.82, 2.24) is 0 Å². The first kappa shape index (κ1) is 20.9. The molecular formula is C25H36O4. The van der Waals surface area contributed by atoms with Crippen LogP contribution in [-0.4, -0.2) is 30.1 Å². The molecule has 0 amide bonds. The van der Waals surface area contributed by atoms with Gasteiger partial charge in [0.2, 0.25) is 6.29 Å². The Kier molecular flexibility index (Phi) is 5.54. The van der Waals surface area contributed by atoms with Crippen LogP contribution in [-0.2, 0) is 14.3 Å². The monoisotopic (exact) mass is 400 g/mol. The highest BCUT2D eigenvalue weighted by molar-refractivity contribution is 5.85. The molecule has 5 atom stereocenters. The van der Waals surface area contributed by atoms with E-state index in [1.54, 1.807) is 5.57 Å². The minimum atomic E-state index is -1.15. The summed E-state index contributed by atoms with van der Waals surface area (Å²) in [5.74, 6) is 0.920. The van der Waals surface area contributed by atoms with Crippen LogP contribution in [0.25, 0.3) is 0 Å². The third-order valence-corrected chi connectivity index (χ3v) is 8.31. The smallest absolute Gasteiger partial charge is 0.333 e. The average Bonchev–Trinajstić information content (AvgIpc) is 3.02. The van der Waals surface area contributed by atoms with Gasteiger partial charge in [-0.05, 0) is 66.8 Å². The van der Waals surface area contributed by atoms with E-state index in [0.29, 0.717) is 41.3 Å². The predicted octanol–water partition coefficient (Wildman–Crippen LogP) is 5.08. The third-order valence-electron chi connectivity index (χ3n) is 8.31. The normalized spacial score (nSPS) is 39.2. The van der Waals surface area contributed by atoms with Gasteiger partial charge in [-0.1, -0.05) is 51.8 Å². The fraction of sp³-hybridized carbons (Fsp3) is 0.720. The van der Waals surface area contributed by atoms with E-state index in [2.05, 4.69) is 39.8 Å². The lowest BCUT2D eigenvalue weighted by atomic mass is 9.52. The lowest BCUT2D eigenvalue weighted by Gasteiger charge is -2.53. The van der Waals surface area contributed by atoms with E-state index in [1.165, 1.54) is 43.8 Å². The van der Waals surface area contributed by atoms with E-state index in [4.69, 9.17) is 9.47 Å². The molecule has 2 aliphatic heterocycles. The maximum Gasteiger partial charge on any atom is 0.333 e. The van der Waals surface area contributed by atoms with Crippen LogP contribution in [0.15, 0.2) is 34.9 Å². The number of aliphatic hydroxyl groups is 1. The van der Waals surface area contributed by atoms with Gasteiger partial charge < -0.3 is 14.6 Å². The Morgan fingerprint density at radius 3 is 2.66 bits per heavy atom. The van der Waals surface area contributed by atoms with E-state index in [-0.39, 0.29) is 6.10 Å². The fourth-order valence-corrected chi connectivity index (χ4v) is 6.08. The van der Waals surface area contributed by atoms with Gasteiger partial charge in [-0.25, -0.2) is 4.79 Å². The van der Waals surface area contributed by atoms with Gasteiger partial charge in [0.25, 0.3) is 0 Å². The molecule has 0 radical (unpaired) electrons. The molecule has 0 saturated heterocycles. The van der Waals surface area contributed by atoms with Crippen LogP contribution < -0.4 is 0 Å². The largest absolute Gasteiger partial charge is 0.429 e. The Labute approximate surface area is 175 Å². The molecule has 0 aromatic rings. The van der Waals surface area contributed by atoms with Crippen LogP contribution >= 0.6 is 0 Å². The summed E-state index contributed by atoms with van der Waals surface area (Å²) in [6.07, 6.45) is 12.9. The number of ether oxygens (including phenoxy) is 2. The fourth-order valence-electron chi connectivity index (χ4n) is 6.08. The zero-order chi connectivity index (χ0) is 20.8. The van der Waals surface area contributed by atoms with Crippen molar-refractivity contribution >= 4 is 5.97 Å². The summed E-state index contributed by atoms with van der Waals surface area (Å²) < 4.78 is 10.8. The quantitative estimate of drug-likeness (QED) is 0.528. The first-order chi connectivity index (χ1) is 13.7. The van der Waals surface area contributed by atoms with Gasteiger partial charge in [-0.2, -0.15) is 0 Å². The molecule has 160 valence electrons. The zero-order valence-corrected chi connectivity index (χ0v) is 18.4. The molecule has 0 unspecified atom stereocenters. The number of cyclic esters (lactones) is 1. The van der Waals surface area contributed by atoms with Gasteiger partial charge in [-0.3, -0.25) is 0 Å². The zero-order valence-electron chi connectivity index (χ0n) is 18.4. The van der Waals surface area contributed by atoms with Gasteiger partial charge in [0.15, 0.2) is 0 Å². The van der Waals surface area contributed by atoms with E-state index >= 15 is 0 Å². The minimum Gasteiger partial charge on any atom is -0.429 e. The Balaban J connectivity index is 1.41. The number of fused-ring (bicyclic) bond motifs is 1. The minimum absolute atomic E-state index is 0.252. The number of hydrogen-bond donors (Lipinski definition) is 1. The number of aliphatic hydroxyl groups excluding tert-OH is 1. The third kappa shape index (κ3) is 3.86. The Morgan fingerprint density at radius 1 is 1.21 bits per heavy atom. The molecule has 1 saturated carbocycles. The SMILES string of the molecule is C[C@H]1CC=C2[C@H](CCCC2(C)C)[C@@]1(C)CCC1=CC[C@H](C2=CC(=O)O[C@H]2O)OC1. The average molecular weight is 401 g/mol. The van der Waals surface area contributed by atoms with Gasteiger partial charge in [0.1, 0.15) is 0 Å². The van der Waals surface area contributed by atoms with Crippen LogP contribution in [0, 0.1) is 22.7 Å². The van der Waals surface area contributed by atoms with E-state index in [9.17, 15) is 9.90 Å². The van der Waals surface area contributed by atoms with Crippen LogP contribution in [0.3, 0.4) is 0 Å². The summed E-state index contributed by atoms with van der Waals surface area (Å²) in [5, 5.41) is 9.85.